The Hall–Kier alpha value is -0.870. The first-order valence-electron chi connectivity index (χ1n) is 3.28. The lowest BCUT2D eigenvalue weighted by atomic mass is 10.4. The van der Waals surface area contributed by atoms with Gasteiger partial charge in [-0.15, -0.1) is 6.58 Å². The van der Waals surface area contributed by atoms with Gasteiger partial charge in [0.05, 0.1) is 13.2 Å². The molecular formula is C7H12O4. The van der Waals surface area contributed by atoms with Crippen molar-refractivity contribution in [1.82, 2.24) is 0 Å². The second kappa shape index (κ2) is 5.88. The van der Waals surface area contributed by atoms with Crippen molar-refractivity contribution in [3.63, 3.8) is 0 Å². The molecule has 2 N–H and O–H groups in total. The van der Waals surface area contributed by atoms with Crippen LogP contribution in [-0.2, 0) is 9.53 Å². The van der Waals surface area contributed by atoms with Crippen LogP contribution in [0.1, 0.15) is 6.42 Å². The lowest BCUT2D eigenvalue weighted by Gasteiger charge is -2.05. The number of hydrogen-bond acceptors (Lipinski definition) is 4. The van der Waals surface area contributed by atoms with Gasteiger partial charge in [0, 0.05) is 0 Å². The van der Waals surface area contributed by atoms with Gasteiger partial charge in [0.1, 0.15) is 0 Å². The Labute approximate surface area is 65.1 Å². The Morgan fingerprint density at radius 3 is 2.82 bits per heavy atom. The predicted octanol–water partition coefficient (Wildman–Crippen LogP) is -0.541. The van der Waals surface area contributed by atoms with E-state index in [1.165, 1.54) is 0 Å². The summed E-state index contributed by atoms with van der Waals surface area (Å²) in [5.74, 6) is -0.797. The minimum atomic E-state index is -1.42. The van der Waals surface area contributed by atoms with E-state index >= 15 is 0 Å². The summed E-state index contributed by atoms with van der Waals surface area (Å²) in [6.07, 6.45) is 0.725. The quantitative estimate of drug-likeness (QED) is 0.322. The van der Waals surface area contributed by atoms with Crippen LogP contribution in [-0.4, -0.2) is 35.5 Å². The number of esters is 1. The summed E-state index contributed by atoms with van der Waals surface area (Å²) in [6.45, 7) is 3.01. The molecular weight excluding hydrogens is 148 g/mol. The van der Waals surface area contributed by atoms with Gasteiger partial charge < -0.3 is 14.9 Å². The SMILES string of the molecule is C=CCCOC(=O)C(O)CO. The van der Waals surface area contributed by atoms with Crippen LogP contribution in [0.15, 0.2) is 12.7 Å². The first-order chi connectivity index (χ1) is 5.22. The summed E-state index contributed by atoms with van der Waals surface area (Å²) < 4.78 is 4.51. The Balaban J connectivity index is 3.43. The summed E-state index contributed by atoms with van der Waals surface area (Å²) in [4.78, 5) is 10.6. The highest BCUT2D eigenvalue weighted by Crippen LogP contribution is 1.89. The average molecular weight is 160 g/mol. The molecule has 0 radical (unpaired) electrons. The van der Waals surface area contributed by atoms with E-state index in [0.29, 0.717) is 6.42 Å². The van der Waals surface area contributed by atoms with E-state index in [4.69, 9.17) is 10.2 Å². The van der Waals surface area contributed by atoms with Crippen LogP contribution < -0.4 is 0 Å². The van der Waals surface area contributed by atoms with Crippen molar-refractivity contribution in [2.24, 2.45) is 0 Å². The van der Waals surface area contributed by atoms with Crippen molar-refractivity contribution in [3.8, 4) is 0 Å². The Morgan fingerprint density at radius 2 is 2.36 bits per heavy atom. The van der Waals surface area contributed by atoms with Gasteiger partial charge in [-0.3, -0.25) is 0 Å². The summed E-state index contributed by atoms with van der Waals surface area (Å²) in [5, 5.41) is 17.0. The third kappa shape index (κ3) is 4.52. The van der Waals surface area contributed by atoms with Gasteiger partial charge in [-0.25, -0.2) is 4.79 Å². The van der Waals surface area contributed by atoms with E-state index < -0.39 is 18.7 Å². The van der Waals surface area contributed by atoms with Crippen molar-refractivity contribution < 1.29 is 19.7 Å². The van der Waals surface area contributed by atoms with Crippen molar-refractivity contribution >= 4 is 5.97 Å². The molecule has 0 fully saturated rings. The molecule has 0 spiro atoms. The van der Waals surface area contributed by atoms with Gasteiger partial charge in [0.25, 0.3) is 0 Å². The predicted molar refractivity (Wildman–Crippen MR) is 38.9 cm³/mol. The van der Waals surface area contributed by atoms with E-state index in [0.717, 1.165) is 0 Å². The fourth-order valence-corrected chi connectivity index (χ4v) is 0.414. The van der Waals surface area contributed by atoms with E-state index in [-0.39, 0.29) is 6.61 Å². The third-order valence-electron chi connectivity index (χ3n) is 1.01. The first kappa shape index (κ1) is 10.1. The summed E-state index contributed by atoms with van der Waals surface area (Å²) >= 11 is 0. The molecule has 0 saturated heterocycles. The minimum absolute atomic E-state index is 0.194. The Bertz CT molecular complexity index is 132. The number of rotatable bonds is 5. The molecule has 0 saturated carbocycles. The molecule has 4 heteroatoms. The molecule has 0 aliphatic rings. The topological polar surface area (TPSA) is 66.8 Å². The zero-order valence-corrected chi connectivity index (χ0v) is 6.19. The van der Waals surface area contributed by atoms with Gasteiger partial charge >= 0.3 is 5.97 Å². The van der Waals surface area contributed by atoms with E-state index in [1.54, 1.807) is 6.08 Å². The largest absolute Gasteiger partial charge is 0.463 e. The summed E-state index contributed by atoms with van der Waals surface area (Å²) in [5.41, 5.74) is 0. The fraction of sp³-hybridized carbons (Fsp3) is 0.571. The molecule has 0 aliphatic carbocycles. The summed E-state index contributed by atoms with van der Waals surface area (Å²) in [7, 11) is 0. The molecule has 0 aromatic rings. The van der Waals surface area contributed by atoms with Gasteiger partial charge in [-0.05, 0) is 6.42 Å². The van der Waals surface area contributed by atoms with Crippen LogP contribution in [0.4, 0.5) is 0 Å². The third-order valence-corrected chi connectivity index (χ3v) is 1.01. The highest BCUT2D eigenvalue weighted by molar-refractivity contribution is 5.74. The van der Waals surface area contributed by atoms with Crippen molar-refractivity contribution in [2.45, 2.75) is 12.5 Å². The maximum atomic E-state index is 10.6. The molecule has 64 valence electrons. The number of carbonyl (C=O) groups is 1. The Morgan fingerprint density at radius 1 is 1.73 bits per heavy atom. The lowest BCUT2D eigenvalue weighted by molar-refractivity contribution is -0.155. The second-order valence-corrected chi connectivity index (χ2v) is 1.94. The van der Waals surface area contributed by atoms with Crippen LogP contribution in [0.3, 0.4) is 0 Å². The molecule has 0 aliphatic heterocycles. The van der Waals surface area contributed by atoms with Crippen LogP contribution in [0, 0.1) is 0 Å². The van der Waals surface area contributed by atoms with Crippen LogP contribution in [0.2, 0.25) is 0 Å². The average Bonchev–Trinajstić information content (AvgIpc) is 2.03. The second-order valence-electron chi connectivity index (χ2n) is 1.94. The first-order valence-corrected chi connectivity index (χ1v) is 3.28. The molecule has 4 nitrogen and oxygen atoms in total. The zero-order chi connectivity index (χ0) is 8.69. The maximum absolute atomic E-state index is 10.6. The molecule has 0 aromatic heterocycles. The van der Waals surface area contributed by atoms with E-state index in [9.17, 15) is 4.79 Å². The summed E-state index contributed by atoms with van der Waals surface area (Å²) in [6, 6.07) is 0. The molecule has 0 bridgehead atoms. The maximum Gasteiger partial charge on any atom is 0.337 e. The fourth-order valence-electron chi connectivity index (χ4n) is 0.414. The van der Waals surface area contributed by atoms with Gasteiger partial charge in [0.2, 0.25) is 0 Å². The molecule has 11 heavy (non-hydrogen) atoms. The molecule has 1 atom stereocenters. The molecule has 0 rings (SSSR count). The Kier molecular flexibility index (Phi) is 5.42. The highest BCUT2D eigenvalue weighted by atomic mass is 16.5. The van der Waals surface area contributed by atoms with Crippen LogP contribution in [0.5, 0.6) is 0 Å². The van der Waals surface area contributed by atoms with Crippen molar-refractivity contribution in [3.05, 3.63) is 12.7 Å². The molecule has 0 amide bonds. The highest BCUT2D eigenvalue weighted by Gasteiger charge is 2.13. The van der Waals surface area contributed by atoms with Crippen LogP contribution >= 0.6 is 0 Å². The van der Waals surface area contributed by atoms with Crippen LogP contribution in [0.25, 0.3) is 0 Å². The molecule has 1 unspecified atom stereocenters. The molecule has 0 heterocycles. The van der Waals surface area contributed by atoms with E-state index in [2.05, 4.69) is 11.3 Å². The standard InChI is InChI=1S/C7H12O4/c1-2-3-4-11-7(10)6(9)5-8/h2,6,8-9H,1,3-5H2. The normalized spacial score (nSPS) is 12.2. The van der Waals surface area contributed by atoms with Gasteiger partial charge in [0.15, 0.2) is 6.10 Å². The zero-order valence-electron chi connectivity index (χ0n) is 6.19. The van der Waals surface area contributed by atoms with Crippen molar-refractivity contribution in [1.29, 1.82) is 0 Å². The number of aliphatic hydroxyl groups excluding tert-OH is 2. The molecule has 0 aromatic carbocycles. The number of ether oxygens (including phenoxy) is 1. The number of carbonyl (C=O) groups excluding carboxylic acids is 1. The van der Waals surface area contributed by atoms with Gasteiger partial charge in [-0.2, -0.15) is 0 Å². The van der Waals surface area contributed by atoms with Gasteiger partial charge in [-0.1, -0.05) is 6.08 Å². The smallest absolute Gasteiger partial charge is 0.337 e. The van der Waals surface area contributed by atoms with E-state index in [1.807, 2.05) is 0 Å². The minimum Gasteiger partial charge on any atom is -0.463 e. The number of hydrogen-bond donors (Lipinski definition) is 2. The number of aliphatic hydroxyl groups is 2. The lowest BCUT2D eigenvalue weighted by Crippen LogP contribution is -2.26. The monoisotopic (exact) mass is 160 g/mol. The van der Waals surface area contributed by atoms with Crippen molar-refractivity contribution in [2.75, 3.05) is 13.2 Å².